The molecule has 20 heavy (non-hydrogen) atoms. The number of carboxylic acids is 1. The Labute approximate surface area is 124 Å². The number of rotatable bonds is 13. The Bertz CT molecular complexity index is 301. The number of carbonyl (C=O) groups is 1. The van der Waals surface area contributed by atoms with Crippen molar-refractivity contribution in [1.82, 2.24) is 0 Å². The van der Waals surface area contributed by atoms with Gasteiger partial charge in [-0.3, -0.25) is 4.79 Å². The minimum absolute atomic E-state index is 0.298. The van der Waals surface area contributed by atoms with Crippen LogP contribution in [0.3, 0.4) is 0 Å². The van der Waals surface area contributed by atoms with Gasteiger partial charge in [0.15, 0.2) is 0 Å². The fraction of sp³-hybridized carbons (Fsp3) is 0.611. The third-order valence-electron chi connectivity index (χ3n) is 3.09. The largest absolute Gasteiger partial charge is 0.481 e. The third kappa shape index (κ3) is 16.7. The van der Waals surface area contributed by atoms with E-state index in [2.05, 4.69) is 43.4 Å². The van der Waals surface area contributed by atoms with E-state index < -0.39 is 5.97 Å². The van der Waals surface area contributed by atoms with Crippen LogP contribution in [0.1, 0.15) is 71.1 Å². The Kier molecular flexibility index (Phi) is 14.7. The van der Waals surface area contributed by atoms with E-state index in [1.807, 2.05) is 0 Å². The molecule has 0 aromatic heterocycles. The molecular formula is C18H30O2. The van der Waals surface area contributed by atoms with Gasteiger partial charge in [-0.25, -0.2) is 0 Å². The first-order chi connectivity index (χ1) is 9.77. The highest BCUT2D eigenvalue weighted by atomic mass is 16.4. The van der Waals surface area contributed by atoms with Crippen LogP contribution < -0.4 is 0 Å². The molecule has 0 spiro atoms. The summed E-state index contributed by atoms with van der Waals surface area (Å²) in [6.45, 7) is 2.23. The van der Waals surface area contributed by atoms with Crippen molar-refractivity contribution in [3.63, 3.8) is 0 Å². The Morgan fingerprint density at radius 2 is 1.35 bits per heavy atom. The van der Waals surface area contributed by atoms with E-state index in [1.165, 1.54) is 32.1 Å². The molecule has 2 heteroatoms. The molecule has 2 nitrogen and oxygen atoms in total. The van der Waals surface area contributed by atoms with Crippen LogP contribution in [0.5, 0.6) is 0 Å². The van der Waals surface area contributed by atoms with Crippen molar-refractivity contribution in [2.45, 2.75) is 71.1 Å². The predicted molar refractivity (Wildman–Crippen MR) is 86.9 cm³/mol. The number of allylic oxidation sites excluding steroid dienone is 6. The maximum Gasteiger partial charge on any atom is 0.303 e. The Balaban J connectivity index is 3.34. The molecule has 0 amide bonds. The number of carboxylic acid groups (broad SMARTS) is 1. The summed E-state index contributed by atoms with van der Waals surface area (Å²) >= 11 is 0. The van der Waals surface area contributed by atoms with E-state index in [4.69, 9.17) is 5.11 Å². The van der Waals surface area contributed by atoms with Gasteiger partial charge >= 0.3 is 5.97 Å². The molecule has 0 aliphatic heterocycles. The van der Waals surface area contributed by atoms with E-state index in [0.717, 1.165) is 25.7 Å². The predicted octanol–water partition coefficient (Wildman–Crippen LogP) is 5.66. The van der Waals surface area contributed by atoms with Gasteiger partial charge in [-0.1, -0.05) is 69.1 Å². The average molecular weight is 278 g/mol. The van der Waals surface area contributed by atoms with Crippen molar-refractivity contribution < 1.29 is 9.90 Å². The Morgan fingerprint density at radius 3 is 1.85 bits per heavy atom. The molecule has 0 saturated carbocycles. The van der Waals surface area contributed by atoms with Crippen molar-refractivity contribution in [1.29, 1.82) is 0 Å². The first-order valence-electron chi connectivity index (χ1n) is 7.97. The minimum Gasteiger partial charge on any atom is -0.481 e. The van der Waals surface area contributed by atoms with Crippen molar-refractivity contribution >= 4 is 5.97 Å². The number of hydrogen-bond acceptors (Lipinski definition) is 1. The lowest BCUT2D eigenvalue weighted by Crippen LogP contribution is -1.93. The van der Waals surface area contributed by atoms with Crippen LogP contribution in [0.2, 0.25) is 0 Å². The molecule has 0 saturated heterocycles. The van der Waals surface area contributed by atoms with Crippen LogP contribution in [-0.2, 0) is 4.79 Å². The monoisotopic (exact) mass is 278 g/mol. The molecule has 0 unspecified atom stereocenters. The van der Waals surface area contributed by atoms with Crippen LogP contribution in [-0.4, -0.2) is 11.1 Å². The maximum atomic E-state index is 10.3. The quantitative estimate of drug-likeness (QED) is 0.348. The van der Waals surface area contributed by atoms with Gasteiger partial charge in [0.1, 0.15) is 0 Å². The molecule has 0 radical (unpaired) electrons. The van der Waals surface area contributed by atoms with Crippen molar-refractivity contribution in [2.24, 2.45) is 0 Å². The number of aliphatic carboxylic acids is 1. The van der Waals surface area contributed by atoms with Gasteiger partial charge in [-0.2, -0.15) is 0 Å². The topological polar surface area (TPSA) is 37.3 Å². The molecule has 1 N–H and O–H groups in total. The van der Waals surface area contributed by atoms with E-state index in [0.29, 0.717) is 6.42 Å². The van der Waals surface area contributed by atoms with E-state index in [1.54, 1.807) is 0 Å². The van der Waals surface area contributed by atoms with E-state index in [9.17, 15) is 4.79 Å². The second-order valence-electron chi connectivity index (χ2n) is 5.08. The molecule has 0 aliphatic carbocycles. The highest BCUT2D eigenvalue weighted by Crippen LogP contribution is 2.04. The van der Waals surface area contributed by atoms with Crippen LogP contribution >= 0.6 is 0 Å². The minimum atomic E-state index is -0.690. The van der Waals surface area contributed by atoms with Crippen molar-refractivity contribution in [3.8, 4) is 0 Å². The van der Waals surface area contributed by atoms with Crippen LogP contribution in [0.15, 0.2) is 36.5 Å². The van der Waals surface area contributed by atoms with Gasteiger partial charge in [0, 0.05) is 6.42 Å². The average Bonchev–Trinajstić information content (AvgIpc) is 2.43. The van der Waals surface area contributed by atoms with Crippen LogP contribution in [0.4, 0.5) is 0 Å². The Hall–Kier alpha value is -1.31. The summed E-state index contributed by atoms with van der Waals surface area (Å²) in [6, 6.07) is 0. The lowest BCUT2D eigenvalue weighted by molar-refractivity contribution is -0.137. The molecular weight excluding hydrogens is 248 g/mol. The summed E-state index contributed by atoms with van der Waals surface area (Å²) in [6.07, 6.45) is 23.3. The van der Waals surface area contributed by atoms with Gasteiger partial charge in [0.25, 0.3) is 0 Å². The summed E-state index contributed by atoms with van der Waals surface area (Å²) in [5, 5.41) is 8.49. The fourth-order valence-electron chi connectivity index (χ4n) is 1.88. The van der Waals surface area contributed by atoms with Crippen molar-refractivity contribution in [3.05, 3.63) is 36.5 Å². The third-order valence-corrected chi connectivity index (χ3v) is 3.09. The second kappa shape index (κ2) is 15.7. The molecule has 0 aromatic carbocycles. The molecule has 0 heterocycles. The summed E-state index contributed by atoms with van der Waals surface area (Å²) in [5.74, 6) is -0.690. The first kappa shape index (κ1) is 18.7. The second-order valence-corrected chi connectivity index (χ2v) is 5.08. The molecule has 0 bridgehead atoms. The molecule has 0 aliphatic rings. The normalized spacial score (nSPS) is 12.1. The molecule has 114 valence electrons. The number of hydrogen-bond donors (Lipinski definition) is 1. The molecule has 0 aromatic rings. The van der Waals surface area contributed by atoms with Crippen LogP contribution in [0.25, 0.3) is 0 Å². The summed E-state index contributed by atoms with van der Waals surface area (Å²) in [7, 11) is 0. The van der Waals surface area contributed by atoms with Gasteiger partial charge in [-0.05, 0) is 32.1 Å². The van der Waals surface area contributed by atoms with Gasteiger partial charge in [0.05, 0.1) is 0 Å². The van der Waals surface area contributed by atoms with Gasteiger partial charge in [-0.15, -0.1) is 0 Å². The zero-order valence-corrected chi connectivity index (χ0v) is 12.9. The smallest absolute Gasteiger partial charge is 0.303 e. The highest BCUT2D eigenvalue weighted by Gasteiger charge is 1.94. The Morgan fingerprint density at radius 1 is 0.800 bits per heavy atom. The highest BCUT2D eigenvalue weighted by molar-refractivity contribution is 5.66. The zero-order chi connectivity index (χ0) is 14.9. The van der Waals surface area contributed by atoms with Gasteiger partial charge < -0.3 is 5.11 Å². The fourth-order valence-corrected chi connectivity index (χ4v) is 1.88. The SMILES string of the molecule is CCCCCC/C=C/C=C/C=C/CCCCCC(=O)O. The zero-order valence-electron chi connectivity index (χ0n) is 12.9. The number of unbranched alkanes of at least 4 members (excludes halogenated alkanes) is 7. The summed E-state index contributed by atoms with van der Waals surface area (Å²) in [5.41, 5.74) is 0. The lowest BCUT2D eigenvalue weighted by atomic mass is 10.1. The summed E-state index contributed by atoms with van der Waals surface area (Å²) in [4.78, 5) is 10.3. The first-order valence-corrected chi connectivity index (χ1v) is 7.97. The van der Waals surface area contributed by atoms with E-state index in [-0.39, 0.29) is 0 Å². The molecule has 0 atom stereocenters. The standard InChI is InChI=1S/C18H30O2/c1-2-3-4-5-6-7-8-9-10-11-12-13-14-15-16-17-18(19)20/h7-12H,2-6,13-17H2,1H3,(H,19,20)/b8-7+,10-9+,12-11+. The lowest BCUT2D eigenvalue weighted by Gasteiger charge is -1.94. The summed E-state index contributed by atoms with van der Waals surface area (Å²) < 4.78 is 0. The van der Waals surface area contributed by atoms with Gasteiger partial charge in [0.2, 0.25) is 0 Å². The van der Waals surface area contributed by atoms with Crippen LogP contribution in [0, 0.1) is 0 Å². The van der Waals surface area contributed by atoms with Crippen molar-refractivity contribution in [2.75, 3.05) is 0 Å². The molecule has 0 rings (SSSR count). The maximum absolute atomic E-state index is 10.3. The van der Waals surface area contributed by atoms with E-state index >= 15 is 0 Å². The molecule has 0 fully saturated rings.